The molecule has 1 saturated heterocycles. The topological polar surface area (TPSA) is 75.4 Å². The Morgan fingerprint density at radius 3 is 2.50 bits per heavy atom. The third-order valence-corrected chi connectivity index (χ3v) is 3.94. The van der Waals surface area contributed by atoms with Crippen molar-refractivity contribution in [1.29, 1.82) is 0 Å². The third kappa shape index (κ3) is 2.83. The first-order valence-corrected chi connectivity index (χ1v) is 6.87. The number of nitrogens with one attached hydrogen (secondary N) is 1. The predicted molar refractivity (Wildman–Crippen MR) is 68.7 cm³/mol. The monoisotopic (exact) mass is 253 g/mol. The summed E-state index contributed by atoms with van der Waals surface area (Å²) in [5.41, 5.74) is 5.77. The van der Waals surface area contributed by atoms with Gasteiger partial charge in [-0.1, -0.05) is 6.92 Å². The lowest BCUT2D eigenvalue weighted by atomic mass is 10.0. The molecule has 1 aliphatic heterocycles. The summed E-state index contributed by atoms with van der Waals surface area (Å²) in [4.78, 5) is 26.0. The molecule has 5 heteroatoms. The highest BCUT2D eigenvalue weighted by atomic mass is 16.2. The van der Waals surface area contributed by atoms with E-state index in [4.69, 9.17) is 5.73 Å². The summed E-state index contributed by atoms with van der Waals surface area (Å²) in [6.07, 6.45) is 3.82. The molecule has 1 aliphatic carbocycles. The van der Waals surface area contributed by atoms with Crippen molar-refractivity contribution in [3.63, 3.8) is 0 Å². The Hall–Kier alpha value is -1.10. The zero-order valence-corrected chi connectivity index (χ0v) is 11.2. The Labute approximate surface area is 108 Å². The molecule has 1 saturated carbocycles. The molecule has 1 heterocycles. The van der Waals surface area contributed by atoms with E-state index in [0.29, 0.717) is 12.6 Å². The van der Waals surface area contributed by atoms with Gasteiger partial charge in [-0.2, -0.15) is 0 Å². The van der Waals surface area contributed by atoms with Crippen molar-refractivity contribution in [3.05, 3.63) is 0 Å². The van der Waals surface area contributed by atoms with Crippen molar-refractivity contribution in [3.8, 4) is 0 Å². The number of carbonyl (C=O) groups is 2. The zero-order valence-electron chi connectivity index (χ0n) is 11.2. The molecule has 18 heavy (non-hydrogen) atoms. The normalized spacial score (nSPS) is 26.8. The summed E-state index contributed by atoms with van der Waals surface area (Å²) in [6.45, 7) is 4.34. The second kappa shape index (κ2) is 5.26. The molecule has 2 fully saturated rings. The summed E-state index contributed by atoms with van der Waals surface area (Å²) >= 11 is 0. The molecule has 0 radical (unpaired) electrons. The molecular formula is C13H23N3O2. The van der Waals surface area contributed by atoms with Crippen LogP contribution in [0.3, 0.4) is 0 Å². The van der Waals surface area contributed by atoms with E-state index < -0.39 is 0 Å². The van der Waals surface area contributed by atoms with Crippen molar-refractivity contribution in [2.45, 2.75) is 57.7 Å². The van der Waals surface area contributed by atoms with E-state index >= 15 is 0 Å². The van der Waals surface area contributed by atoms with E-state index in [9.17, 15) is 9.59 Å². The van der Waals surface area contributed by atoms with Crippen molar-refractivity contribution in [2.75, 3.05) is 6.54 Å². The Bertz CT molecular complexity index is 339. The maximum absolute atomic E-state index is 12.3. The molecule has 0 spiro atoms. The van der Waals surface area contributed by atoms with Crippen LogP contribution < -0.4 is 11.1 Å². The van der Waals surface area contributed by atoms with Crippen LogP contribution in [-0.2, 0) is 9.59 Å². The van der Waals surface area contributed by atoms with Crippen LogP contribution in [0.15, 0.2) is 0 Å². The van der Waals surface area contributed by atoms with Crippen molar-refractivity contribution in [1.82, 2.24) is 10.2 Å². The molecule has 5 nitrogen and oxygen atoms in total. The maximum atomic E-state index is 12.3. The van der Waals surface area contributed by atoms with Gasteiger partial charge in [0.1, 0.15) is 6.04 Å². The number of hydrogen-bond donors (Lipinski definition) is 2. The second-order valence-electron chi connectivity index (χ2n) is 5.62. The molecule has 3 atom stereocenters. The van der Waals surface area contributed by atoms with Crippen LogP contribution in [0.4, 0.5) is 0 Å². The van der Waals surface area contributed by atoms with Gasteiger partial charge in [-0.05, 0) is 32.6 Å². The highest BCUT2D eigenvalue weighted by molar-refractivity contribution is 5.89. The smallest absolute Gasteiger partial charge is 0.243 e. The molecule has 0 aromatic carbocycles. The first kappa shape index (κ1) is 13.3. The van der Waals surface area contributed by atoms with Crippen LogP contribution >= 0.6 is 0 Å². The SMILES string of the molecule is CC(N)C(C)C(=O)N1CCCC1C(=O)NC1CC1. The van der Waals surface area contributed by atoms with Crippen LogP contribution in [0, 0.1) is 5.92 Å². The quantitative estimate of drug-likeness (QED) is 0.753. The first-order chi connectivity index (χ1) is 8.50. The molecular weight excluding hydrogens is 230 g/mol. The average Bonchev–Trinajstić information content (AvgIpc) is 3.00. The zero-order chi connectivity index (χ0) is 13.3. The van der Waals surface area contributed by atoms with E-state index in [1.807, 2.05) is 13.8 Å². The third-order valence-electron chi connectivity index (χ3n) is 3.94. The van der Waals surface area contributed by atoms with E-state index in [-0.39, 0.29) is 29.8 Å². The molecule has 0 bridgehead atoms. The Balaban J connectivity index is 1.97. The number of amides is 2. The van der Waals surface area contributed by atoms with Gasteiger partial charge in [-0.15, -0.1) is 0 Å². The number of hydrogen-bond acceptors (Lipinski definition) is 3. The molecule has 2 aliphatic rings. The fourth-order valence-electron chi connectivity index (χ4n) is 2.31. The van der Waals surface area contributed by atoms with Crippen LogP contribution in [0.25, 0.3) is 0 Å². The minimum absolute atomic E-state index is 0.0125. The van der Waals surface area contributed by atoms with E-state index in [0.717, 1.165) is 25.7 Å². The summed E-state index contributed by atoms with van der Waals surface area (Å²) in [7, 11) is 0. The predicted octanol–water partition coefficient (Wildman–Crippen LogP) is 0.239. The average molecular weight is 253 g/mol. The van der Waals surface area contributed by atoms with Gasteiger partial charge in [0.15, 0.2) is 0 Å². The van der Waals surface area contributed by atoms with Gasteiger partial charge in [-0.25, -0.2) is 0 Å². The van der Waals surface area contributed by atoms with Gasteiger partial charge < -0.3 is 16.0 Å². The lowest BCUT2D eigenvalue weighted by Crippen LogP contribution is -2.50. The van der Waals surface area contributed by atoms with E-state index in [1.54, 1.807) is 4.90 Å². The van der Waals surface area contributed by atoms with Crippen LogP contribution in [0.5, 0.6) is 0 Å². The molecule has 3 unspecified atom stereocenters. The van der Waals surface area contributed by atoms with Gasteiger partial charge in [0.25, 0.3) is 0 Å². The molecule has 0 aromatic heterocycles. The van der Waals surface area contributed by atoms with Crippen molar-refractivity contribution >= 4 is 11.8 Å². The Morgan fingerprint density at radius 1 is 1.28 bits per heavy atom. The molecule has 2 rings (SSSR count). The Morgan fingerprint density at radius 2 is 1.94 bits per heavy atom. The van der Waals surface area contributed by atoms with Crippen LogP contribution in [0.2, 0.25) is 0 Å². The van der Waals surface area contributed by atoms with Crippen LogP contribution in [0.1, 0.15) is 39.5 Å². The minimum atomic E-state index is -0.278. The van der Waals surface area contributed by atoms with Gasteiger partial charge in [0, 0.05) is 18.6 Å². The van der Waals surface area contributed by atoms with Gasteiger partial charge in [0.2, 0.25) is 11.8 Å². The summed E-state index contributed by atoms with van der Waals surface area (Å²) in [5.74, 6) is -0.196. The number of rotatable bonds is 4. The summed E-state index contributed by atoms with van der Waals surface area (Å²) in [6, 6.07) is -0.106. The highest BCUT2D eigenvalue weighted by Crippen LogP contribution is 2.23. The number of carbonyl (C=O) groups excluding carboxylic acids is 2. The molecule has 0 aromatic rings. The van der Waals surface area contributed by atoms with E-state index in [1.165, 1.54) is 0 Å². The van der Waals surface area contributed by atoms with E-state index in [2.05, 4.69) is 5.32 Å². The molecule has 102 valence electrons. The largest absolute Gasteiger partial charge is 0.352 e. The fraction of sp³-hybridized carbons (Fsp3) is 0.846. The lowest BCUT2D eigenvalue weighted by molar-refractivity contribution is -0.141. The minimum Gasteiger partial charge on any atom is -0.352 e. The van der Waals surface area contributed by atoms with Gasteiger partial charge in [0.05, 0.1) is 5.92 Å². The van der Waals surface area contributed by atoms with Crippen LogP contribution in [-0.4, -0.2) is 41.4 Å². The van der Waals surface area contributed by atoms with Crippen molar-refractivity contribution < 1.29 is 9.59 Å². The second-order valence-corrected chi connectivity index (χ2v) is 5.62. The number of likely N-dealkylation sites (tertiary alicyclic amines) is 1. The standard InChI is InChI=1S/C13H23N3O2/c1-8(9(2)14)13(18)16-7-3-4-11(16)12(17)15-10-5-6-10/h8-11H,3-7,14H2,1-2H3,(H,15,17). The number of nitrogens with zero attached hydrogens (tertiary/aromatic N) is 1. The Kier molecular flexibility index (Phi) is 3.90. The molecule has 2 amide bonds. The number of nitrogens with two attached hydrogens (primary N) is 1. The van der Waals surface area contributed by atoms with Gasteiger partial charge >= 0.3 is 0 Å². The maximum Gasteiger partial charge on any atom is 0.243 e. The van der Waals surface area contributed by atoms with Gasteiger partial charge in [-0.3, -0.25) is 9.59 Å². The van der Waals surface area contributed by atoms with Crippen molar-refractivity contribution in [2.24, 2.45) is 11.7 Å². The highest BCUT2D eigenvalue weighted by Gasteiger charge is 2.38. The summed E-state index contributed by atoms with van der Waals surface area (Å²) in [5, 5.41) is 2.98. The summed E-state index contributed by atoms with van der Waals surface area (Å²) < 4.78 is 0. The fourth-order valence-corrected chi connectivity index (χ4v) is 2.31. The molecule has 3 N–H and O–H groups in total. The lowest BCUT2D eigenvalue weighted by Gasteiger charge is -2.28. The first-order valence-electron chi connectivity index (χ1n) is 6.87.